The van der Waals surface area contributed by atoms with Gasteiger partial charge in [-0.3, -0.25) is 14.5 Å². The van der Waals surface area contributed by atoms with Crippen LogP contribution in [0.4, 0.5) is 21.6 Å². The van der Waals surface area contributed by atoms with Crippen molar-refractivity contribution in [3.8, 4) is 11.3 Å². The van der Waals surface area contributed by atoms with E-state index in [1.807, 2.05) is 37.5 Å². The van der Waals surface area contributed by atoms with E-state index >= 15 is 0 Å². The lowest BCUT2D eigenvalue weighted by molar-refractivity contribution is -0.125. The third-order valence-corrected chi connectivity index (χ3v) is 12.1. The van der Waals surface area contributed by atoms with Gasteiger partial charge in [-0.15, -0.1) is 0 Å². The monoisotopic (exact) mass is 692 g/mol. The molecule has 11 heteroatoms. The van der Waals surface area contributed by atoms with E-state index in [2.05, 4.69) is 62.4 Å². The summed E-state index contributed by atoms with van der Waals surface area (Å²) in [7, 11) is 1.64. The first-order valence-corrected chi connectivity index (χ1v) is 18.8. The first-order chi connectivity index (χ1) is 24.7. The smallest absolute Gasteiger partial charge is 0.251 e. The van der Waals surface area contributed by atoms with Crippen molar-refractivity contribution in [2.75, 3.05) is 43.4 Å². The van der Waals surface area contributed by atoms with Crippen molar-refractivity contribution >= 4 is 40.0 Å². The van der Waals surface area contributed by atoms with Gasteiger partial charge in [0.2, 0.25) is 5.91 Å². The van der Waals surface area contributed by atoms with Crippen LogP contribution in [-0.2, 0) is 10.2 Å². The zero-order valence-corrected chi connectivity index (χ0v) is 30.1. The molecule has 0 radical (unpaired) electrons. The number of likely N-dealkylation sites (tertiary alicyclic amines) is 1. The molecule has 0 unspecified atom stereocenters. The van der Waals surface area contributed by atoms with Crippen LogP contribution in [0, 0.1) is 6.92 Å². The van der Waals surface area contributed by atoms with Crippen molar-refractivity contribution in [3.05, 3.63) is 65.5 Å². The molecule has 268 valence electrons. The molecule has 2 aromatic carbocycles. The van der Waals surface area contributed by atoms with Gasteiger partial charge in [0.25, 0.3) is 5.91 Å². The quantitative estimate of drug-likeness (QED) is 0.196. The fourth-order valence-electron chi connectivity index (χ4n) is 8.84. The summed E-state index contributed by atoms with van der Waals surface area (Å²) in [6, 6.07) is 14.9. The van der Waals surface area contributed by atoms with E-state index in [0.717, 1.165) is 103 Å². The van der Waals surface area contributed by atoms with Crippen LogP contribution in [0.2, 0.25) is 0 Å². The molecule has 51 heavy (non-hydrogen) atoms. The topological polar surface area (TPSA) is 107 Å². The molecule has 4 aromatic rings. The minimum absolute atomic E-state index is 0.0979. The number of benzene rings is 2. The number of piperidine rings is 2. The van der Waals surface area contributed by atoms with Crippen molar-refractivity contribution in [2.24, 2.45) is 0 Å². The van der Waals surface area contributed by atoms with Crippen molar-refractivity contribution < 1.29 is 14.0 Å². The van der Waals surface area contributed by atoms with E-state index in [1.54, 1.807) is 7.05 Å². The van der Waals surface area contributed by atoms with Crippen molar-refractivity contribution in [2.45, 2.75) is 95.4 Å². The fourth-order valence-corrected chi connectivity index (χ4v) is 8.84. The molecule has 4 aliphatic rings. The SMILES string of the molecule is CC[C@H](C)n1cnc2cc(-c3ccc4c(c3)N(C3CC(N5CCC[C@@H](F)C5)C3)C(=O)C43CCNCC3)nc(Nc3ccc(C)c(C(=O)NC)c3)c21. The standard InChI is InChI=1S/C40H49FN8O2/c1-5-25(3)48-23-44-34-21-33(46-37(36(34)48)45-28-10-8-24(2)31(18-28)38(50)42-4)26-9-11-32-35(17-26)49(39(51)40(32)12-14-43-15-13-40)30-19-29(20-30)47-16-6-7-27(41)22-47/h8-11,17-18,21,23,25,27,29-30,43H,5-7,12-16,19-20,22H2,1-4H3,(H,42,50)(H,45,46)/t25-,27+,29?,30?/m0/s1. The molecule has 2 aromatic heterocycles. The zero-order valence-electron chi connectivity index (χ0n) is 30.1. The Morgan fingerprint density at radius 1 is 1.12 bits per heavy atom. The normalized spacial score (nSPS) is 23.7. The van der Waals surface area contributed by atoms with Crippen molar-refractivity contribution in [1.29, 1.82) is 0 Å². The lowest BCUT2D eigenvalue weighted by atomic mass is 9.74. The van der Waals surface area contributed by atoms with Crippen LogP contribution in [-0.4, -0.2) is 82.7 Å². The summed E-state index contributed by atoms with van der Waals surface area (Å²) in [6.45, 7) is 9.32. The number of nitrogens with one attached hydrogen (secondary N) is 3. The number of anilines is 3. The molecule has 0 bridgehead atoms. The number of aryl methyl sites for hydroxylation is 1. The number of hydrogen-bond acceptors (Lipinski definition) is 7. The van der Waals surface area contributed by atoms with Gasteiger partial charge in [0.05, 0.1) is 23.0 Å². The van der Waals surface area contributed by atoms with Gasteiger partial charge in [-0.05, 0) is 114 Å². The van der Waals surface area contributed by atoms with E-state index in [9.17, 15) is 14.0 Å². The second-order valence-electron chi connectivity index (χ2n) is 15.1. The summed E-state index contributed by atoms with van der Waals surface area (Å²) >= 11 is 0. The zero-order chi connectivity index (χ0) is 35.4. The molecule has 1 aliphatic carbocycles. The summed E-state index contributed by atoms with van der Waals surface area (Å²) < 4.78 is 16.5. The van der Waals surface area contributed by atoms with E-state index in [4.69, 9.17) is 9.97 Å². The largest absolute Gasteiger partial charge is 0.355 e. The molecule has 5 heterocycles. The van der Waals surface area contributed by atoms with E-state index in [1.165, 1.54) is 0 Å². The maximum atomic E-state index is 14.6. The first-order valence-electron chi connectivity index (χ1n) is 18.8. The van der Waals surface area contributed by atoms with Crippen LogP contribution in [0.25, 0.3) is 22.3 Å². The number of rotatable bonds is 8. The van der Waals surface area contributed by atoms with Crippen LogP contribution < -0.4 is 20.9 Å². The van der Waals surface area contributed by atoms with E-state index < -0.39 is 11.6 Å². The number of fused-ring (bicyclic) bond motifs is 3. The third-order valence-electron chi connectivity index (χ3n) is 12.1. The van der Waals surface area contributed by atoms with E-state index in [0.29, 0.717) is 30.4 Å². The Bertz CT molecular complexity index is 1980. The van der Waals surface area contributed by atoms with Crippen LogP contribution in [0.1, 0.15) is 86.3 Å². The molecule has 1 saturated carbocycles. The predicted molar refractivity (Wildman–Crippen MR) is 200 cm³/mol. The summed E-state index contributed by atoms with van der Waals surface area (Å²) in [4.78, 5) is 41.7. The predicted octanol–water partition coefficient (Wildman–Crippen LogP) is 6.41. The average Bonchev–Trinajstić information content (AvgIpc) is 3.65. The number of carbonyl (C=O) groups is 2. The third kappa shape index (κ3) is 5.78. The molecule has 3 N–H and O–H groups in total. The number of imidazole rings is 1. The molecule has 2 amide bonds. The number of carbonyl (C=O) groups excluding carboxylic acids is 2. The molecule has 2 saturated heterocycles. The lowest BCUT2D eigenvalue weighted by Crippen LogP contribution is -2.59. The van der Waals surface area contributed by atoms with Gasteiger partial charge in [-0.2, -0.15) is 0 Å². The molecule has 3 aliphatic heterocycles. The van der Waals surface area contributed by atoms with Gasteiger partial charge in [-0.1, -0.05) is 25.1 Å². The highest BCUT2D eigenvalue weighted by Crippen LogP contribution is 2.51. The van der Waals surface area contributed by atoms with Crippen LogP contribution in [0.5, 0.6) is 0 Å². The van der Waals surface area contributed by atoms with Crippen molar-refractivity contribution in [1.82, 2.24) is 30.1 Å². The molecule has 1 spiro atoms. The molecular formula is C40H49FN8O2. The number of alkyl halides is 1. The highest BCUT2D eigenvalue weighted by atomic mass is 19.1. The van der Waals surface area contributed by atoms with Crippen LogP contribution in [0.3, 0.4) is 0 Å². The molecule has 10 nitrogen and oxygen atoms in total. The Morgan fingerprint density at radius 3 is 2.67 bits per heavy atom. The average molecular weight is 693 g/mol. The maximum absolute atomic E-state index is 14.6. The number of pyridine rings is 1. The highest BCUT2D eigenvalue weighted by molar-refractivity contribution is 6.09. The molecular weight excluding hydrogens is 643 g/mol. The summed E-state index contributed by atoms with van der Waals surface area (Å²) in [6.07, 6.45) is 6.91. The second-order valence-corrected chi connectivity index (χ2v) is 15.1. The number of aromatic nitrogens is 3. The van der Waals surface area contributed by atoms with E-state index in [-0.39, 0.29) is 23.9 Å². The molecule has 3 fully saturated rings. The summed E-state index contributed by atoms with van der Waals surface area (Å²) in [5, 5.41) is 9.75. The van der Waals surface area contributed by atoms with Crippen LogP contribution in [0.15, 0.2) is 48.8 Å². The second kappa shape index (κ2) is 13.3. The minimum atomic E-state index is -0.753. The lowest BCUT2D eigenvalue weighted by Gasteiger charge is -2.48. The van der Waals surface area contributed by atoms with Gasteiger partial charge >= 0.3 is 0 Å². The number of amides is 2. The molecule has 2 atom stereocenters. The Labute approximate surface area is 299 Å². The Hall–Kier alpha value is -4.35. The summed E-state index contributed by atoms with van der Waals surface area (Å²) in [5.74, 6) is 0.729. The van der Waals surface area contributed by atoms with Gasteiger partial charge in [-0.25, -0.2) is 14.4 Å². The highest BCUT2D eigenvalue weighted by Gasteiger charge is 2.55. The Morgan fingerprint density at radius 2 is 1.92 bits per heavy atom. The minimum Gasteiger partial charge on any atom is -0.355 e. The van der Waals surface area contributed by atoms with Gasteiger partial charge in [0.15, 0.2) is 5.82 Å². The number of nitrogens with zero attached hydrogens (tertiary/aromatic N) is 5. The van der Waals surface area contributed by atoms with Crippen LogP contribution >= 0.6 is 0 Å². The maximum Gasteiger partial charge on any atom is 0.251 e. The number of halogens is 1. The summed E-state index contributed by atoms with van der Waals surface area (Å²) in [5.41, 5.74) is 7.22. The molecule has 8 rings (SSSR count). The Balaban J connectivity index is 1.19. The van der Waals surface area contributed by atoms with Gasteiger partial charge in [0, 0.05) is 54.2 Å². The van der Waals surface area contributed by atoms with Gasteiger partial charge < -0.3 is 25.4 Å². The van der Waals surface area contributed by atoms with Gasteiger partial charge in [0.1, 0.15) is 11.7 Å². The fraction of sp³-hybridized carbons (Fsp3) is 0.500. The van der Waals surface area contributed by atoms with Crippen molar-refractivity contribution in [3.63, 3.8) is 0 Å². The first kappa shape index (κ1) is 33.8. The Kier molecular flexibility index (Phi) is 8.82. The number of hydrogen-bond donors (Lipinski definition) is 3.